The summed E-state index contributed by atoms with van der Waals surface area (Å²) >= 11 is 1.69. The van der Waals surface area contributed by atoms with Crippen LogP contribution in [0.1, 0.15) is 17.0 Å². The third-order valence-electron chi connectivity index (χ3n) is 4.15. The molecule has 1 aliphatic heterocycles. The lowest BCUT2D eigenvalue weighted by Crippen LogP contribution is -2.51. The van der Waals surface area contributed by atoms with Gasteiger partial charge < -0.3 is 14.8 Å². The molecule has 2 aromatic rings. The molecule has 1 N–H and O–H groups in total. The summed E-state index contributed by atoms with van der Waals surface area (Å²) in [6.07, 6.45) is 3.59. The van der Waals surface area contributed by atoms with Crippen LogP contribution >= 0.6 is 11.3 Å². The quantitative estimate of drug-likeness (QED) is 0.910. The molecule has 3 rings (SSSR count). The maximum absolute atomic E-state index is 12.2. The van der Waals surface area contributed by atoms with Crippen molar-refractivity contribution in [2.45, 2.75) is 19.3 Å². The highest BCUT2D eigenvalue weighted by Crippen LogP contribution is 2.13. The second-order valence-corrected chi connectivity index (χ2v) is 6.75. The van der Waals surface area contributed by atoms with Crippen LogP contribution in [0, 0.1) is 0 Å². The molecule has 23 heavy (non-hydrogen) atoms. The van der Waals surface area contributed by atoms with Crippen LogP contribution < -0.4 is 0 Å². The Hall–Kier alpha value is -2.08. The van der Waals surface area contributed by atoms with Crippen molar-refractivity contribution in [3.63, 3.8) is 0 Å². The summed E-state index contributed by atoms with van der Waals surface area (Å²) in [4.78, 5) is 32.5. The summed E-state index contributed by atoms with van der Waals surface area (Å²) in [5, 5.41) is 2.04. The van der Waals surface area contributed by atoms with Gasteiger partial charge in [0.25, 0.3) is 0 Å². The van der Waals surface area contributed by atoms with Gasteiger partial charge in [-0.25, -0.2) is 0 Å². The second-order valence-electron chi connectivity index (χ2n) is 5.71. The normalized spacial score (nSPS) is 15.0. The number of piperazine rings is 1. The molecule has 122 valence electrons. The number of carbonyl (C=O) groups is 2. The minimum Gasteiger partial charge on any atom is -0.365 e. The van der Waals surface area contributed by atoms with Crippen LogP contribution in [0.15, 0.2) is 35.8 Å². The van der Waals surface area contributed by atoms with Gasteiger partial charge in [-0.1, -0.05) is 6.07 Å². The monoisotopic (exact) mass is 331 g/mol. The number of thiophene rings is 1. The van der Waals surface area contributed by atoms with Crippen LogP contribution in [0.2, 0.25) is 0 Å². The number of H-pyrrole nitrogens is 1. The van der Waals surface area contributed by atoms with Gasteiger partial charge in [-0.2, -0.15) is 0 Å². The highest BCUT2D eigenvalue weighted by Gasteiger charge is 2.24. The number of carbonyl (C=O) groups excluding carboxylic acids is 2. The number of rotatable bonds is 5. The van der Waals surface area contributed by atoms with E-state index in [1.54, 1.807) is 11.3 Å². The van der Waals surface area contributed by atoms with Crippen molar-refractivity contribution in [2.75, 3.05) is 26.2 Å². The zero-order valence-corrected chi connectivity index (χ0v) is 13.8. The number of aromatic nitrogens is 1. The summed E-state index contributed by atoms with van der Waals surface area (Å²) in [7, 11) is 0. The molecule has 0 atom stereocenters. The average molecular weight is 331 g/mol. The van der Waals surface area contributed by atoms with Gasteiger partial charge in [-0.05, 0) is 30.0 Å². The highest BCUT2D eigenvalue weighted by molar-refractivity contribution is 7.09. The predicted octanol–water partition coefficient (Wildman–Crippen LogP) is 1.92. The molecule has 0 saturated carbocycles. The van der Waals surface area contributed by atoms with E-state index in [1.807, 2.05) is 39.6 Å². The Balaban J connectivity index is 1.42. The summed E-state index contributed by atoms with van der Waals surface area (Å²) in [6, 6.07) is 7.89. The lowest BCUT2D eigenvalue weighted by Gasteiger charge is -2.34. The van der Waals surface area contributed by atoms with Gasteiger partial charge >= 0.3 is 0 Å². The van der Waals surface area contributed by atoms with Crippen molar-refractivity contribution >= 4 is 23.2 Å². The van der Waals surface area contributed by atoms with Crippen molar-refractivity contribution < 1.29 is 9.59 Å². The molecule has 1 aliphatic rings. The molecule has 2 amide bonds. The Labute approximate surface area is 139 Å². The fourth-order valence-corrected chi connectivity index (χ4v) is 3.51. The Morgan fingerprint density at radius 1 is 1.04 bits per heavy atom. The lowest BCUT2D eigenvalue weighted by atomic mass is 10.2. The van der Waals surface area contributed by atoms with E-state index in [1.165, 1.54) is 4.88 Å². The first kappa shape index (κ1) is 15.8. The van der Waals surface area contributed by atoms with Gasteiger partial charge in [0.05, 0.1) is 6.42 Å². The molecule has 3 heterocycles. The molecule has 1 fully saturated rings. The third kappa shape index (κ3) is 4.22. The Kier molecular flexibility index (Phi) is 5.12. The molecular weight excluding hydrogens is 310 g/mol. The molecule has 1 saturated heterocycles. The number of hydrogen-bond donors (Lipinski definition) is 1. The van der Waals surface area contributed by atoms with Crippen LogP contribution in [-0.4, -0.2) is 52.8 Å². The number of aromatic amines is 1. The zero-order chi connectivity index (χ0) is 16.1. The number of aryl methyl sites for hydroxylation is 1. The second kappa shape index (κ2) is 7.46. The van der Waals surface area contributed by atoms with Gasteiger partial charge in [0.2, 0.25) is 11.8 Å². The smallest absolute Gasteiger partial charge is 0.228 e. The van der Waals surface area contributed by atoms with Crippen molar-refractivity contribution in [3.8, 4) is 0 Å². The first-order valence-corrected chi connectivity index (χ1v) is 8.80. The minimum atomic E-state index is 0.123. The zero-order valence-electron chi connectivity index (χ0n) is 13.0. The molecule has 0 aliphatic carbocycles. The molecule has 2 aromatic heterocycles. The van der Waals surface area contributed by atoms with E-state index in [0.717, 1.165) is 12.1 Å². The van der Waals surface area contributed by atoms with E-state index in [-0.39, 0.29) is 11.8 Å². The highest BCUT2D eigenvalue weighted by atomic mass is 32.1. The number of nitrogens with zero attached hydrogens (tertiary/aromatic N) is 2. The maximum Gasteiger partial charge on any atom is 0.228 e. The first-order valence-electron chi connectivity index (χ1n) is 7.92. The Morgan fingerprint density at radius 2 is 1.78 bits per heavy atom. The molecule has 0 radical (unpaired) electrons. The molecular formula is C17H21N3O2S. The van der Waals surface area contributed by atoms with E-state index in [2.05, 4.69) is 11.1 Å². The summed E-state index contributed by atoms with van der Waals surface area (Å²) < 4.78 is 0. The SMILES string of the molecule is O=C(CCc1cccs1)N1CCN(C(=O)Cc2ccc[nH]2)CC1. The molecule has 5 nitrogen and oxygen atoms in total. The van der Waals surface area contributed by atoms with Gasteiger partial charge in [-0.15, -0.1) is 11.3 Å². The molecule has 0 aromatic carbocycles. The number of amides is 2. The summed E-state index contributed by atoms with van der Waals surface area (Å²) in [6.45, 7) is 2.54. The van der Waals surface area contributed by atoms with E-state index in [4.69, 9.17) is 0 Å². The van der Waals surface area contributed by atoms with Crippen LogP contribution in [0.3, 0.4) is 0 Å². The number of nitrogens with one attached hydrogen (secondary N) is 1. The van der Waals surface area contributed by atoms with E-state index >= 15 is 0 Å². The largest absolute Gasteiger partial charge is 0.365 e. The molecule has 6 heteroatoms. The minimum absolute atomic E-state index is 0.123. The van der Waals surface area contributed by atoms with Gasteiger partial charge in [-0.3, -0.25) is 9.59 Å². The first-order chi connectivity index (χ1) is 11.2. The van der Waals surface area contributed by atoms with E-state index in [9.17, 15) is 9.59 Å². The molecule has 0 unspecified atom stereocenters. The molecule has 0 bridgehead atoms. The van der Waals surface area contributed by atoms with E-state index < -0.39 is 0 Å². The van der Waals surface area contributed by atoms with Gasteiger partial charge in [0, 0.05) is 49.4 Å². The average Bonchev–Trinajstić information content (AvgIpc) is 3.26. The van der Waals surface area contributed by atoms with Crippen LogP contribution in [0.5, 0.6) is 0 Å². The van der Waals surface area contributed by atoms with Gasteiger partial charge in [0.1, 0.15) is 0 Å². The summed E-state index contributed by atoms with van der Waals surface area (Å²) in [5.41, 5.74) is 0.935. The van der Waals surface area contributed by atoms with Crippen molar-refractivity contribution in [2.24, 2.45) is 0 Å². The molecule has 0 spiro atoms. The maximum atomic E-state index is 12.2. The van der Waals surface area contributed by atoms with Crippen molar-refractivity contribution in [3.05, 3.63) is 46.4 Å². The Bertz CT molecular complexity index is 629. The Morgan fingerprint density at radius 3 is 2.39 bits per heavy atom. The third-order valence-corrected chi connectivity index (χ3v) is 5.09. The summed E-state index contributed by atoms with van der Waals surface area (Å²) in [5.74, 6) is 0.313. The number of hydrogen-bond acceptors (Lipinski definition) is 3. The van der Waals surface area contributed by atoms with Crippen molar-refractivity contribution in [1.82, 2.24) is 14.8 Å². The van der Waals surface area contributed by atoms with Crippen LogP contribution in [0.25, 0.3) is 0 Å². The standard InChI is InChI=1S/C17H21N3O2S/c21-16(6-5-15-4-2-12-23-15)19-8-10-20(11-9-19)17(22)13-14-3-1-7-18-14/h1-4,7,12,18H,5-6,8-11,13H2. The van der Waals surface area contributed by atoms with Crippen LogP contribution in [-0.2, 0) is 22.4 Å². The fraction of sp³-hybridized carbons (Fsp3) is 0.412. The fourth-order valence-electron chi connectivity index (χ4n) is 2.80. The van der Waals surface area contributed by atoms with Crippen LogP contribution in [0.4, 0.5) is 0 Å². The topological polar surface area (TPSA) is 56.4 Å². The van der Waals surface area contributed by atoms with E-state index in [0.29, 0.717) is 39.0 Å². The van der Waals surface area contributed by atoms with Crippen molar-refractivity contribution in [1.29, 1.82) is 0 Å². The lowest BCUT2D eigenvalue weighted by molar-refractivity contribution is -0.139. The van der Waals surface area contributed by atoms with Gasteiger partial charge in [0.15, 0.2) is 0 Å². The predicted molar refractivity (Wildman–Crippen MR) is 90.3 cm³/mol.